The van der Waals surface area contributed by atoms with Crippen LogP contribution < -0.4 is 16.0 Å². The molecule has 6 nitrogen and oxygen atoms in total. The van der Waals surface area contributed by atoms with Gasteiger partial charge in [0.25, 0.3) is 0 Å². The van der Waals surface area contributed by atoms with Gasteiger partial charge in [-0.1, -0.05) is 23.2 Å². The normalized spacial score (nSPS) is 19.8. The molecule has 2 rings (SSSR count). The van der Waals surface area contributed by atoms with Crippen LogP contribution in [0.25, 0.3) is 0 Å². The first kappa shape index (κ1) is 21.5. The largest absolute Gasteiger partial charge is 0.392 e. The molecule has 10 heteroatoms. The van der Waals surface area contributed by atoms with Crippen LogP contribution in [0.15, 0.2) is 12.3 Å². The van der Waals surface area contributed by atoms with Crippen molar-refractivity contribution < 1.29 is 9.90 Å². The Morgan fingerprint density at radius 3 is 2.73 bits per heavy atom. The van der Waals surface area contributed by atoms with E-state index in [2.05, 4.69) is 20.9 Å². The van der Waals surface area contributed by atoms with Crippen molar-refractivity contribution in [2.45, 2.75) is 18.6 Å². The highest BCUT2D eigenvalue weighted by Gasteiger charge is 2.27. The number of nitrogens with one attached hydrogen (secondary N) is 3. The van der Waals surface area contributed by atoms with Gasteiger partial charge in [-0.15, -0.1) is 24.8 Å². The van der Waals surface area contributed by atoms with Crippen LogP contribution in [0.3, 0.4) is 0 Å². The van der Waals surface area contributed by atoms with E-state index in [9.17, 15) is 9.90 Å². The van der Waals surface area contributed by atoms with Gasteiger partial charge in [-0.3, -0.25) is 4.79 Å². The number of aromatic nitrogens is 1. The minimum atomic E-state index is -0.444. The second-order valence-corrected chi connectivity index (χ2v) is 5.40. The van der Waals surface area contributed by atoms with E-state index < -0.39 is 6.10 Å². The van der Waals surface area contributed by atoms with Crippen LogP contribution in [0.2, 0.25) is 10.0 Å². The molecule has 0 bridgehead atoms. The number of anilines is 1. The summed E-state index contributed by atoms with van der Waals surface area (Å²) in [5.41, 5.74) is 0. The van der Waals surface area contributed by atoms with E-state index in [4.69, 9.17) is 23.2 Å². The van der Waals surface area contributed by atoms with Crippen LogP contribution >= 0.6 is 48.0 Å². The van der Waals surface area contributed by atoms with Crippen molar-refractivity contribution in [1.82, 2.24) is 15.6 Å². The first-order valence-electron chi connectivity index (χ1n) is 6.30. The summed E-state index contributed by atoms with van der Waals surface area (Å²) in [5, 5.41) is 19.0. The highest BCUT2D eigenvalue weighted by molar-refractivity contribution is 6.35. The van der Waals surface area contributed by atoms with E-state index in [-0.39, 0.29) is 36.8 Å². The van der Waals surface area contributed by atoms with E-state index >= 15 is 0 Å². The molecule has 2 unspecified atom stereocenters. The Labute approximate surface area is 151 Å². The topological polar surface area (TPSA) is 86.3 Å². The number of hydrogen-bond acceptors (Lipinski definition) is 5. The Morgan fingerprint density at radius 1 is 1.41 bits per heavy atom. The number of amides is 1. The zero-order valence-electron chi connectivity index (χ0n) is 11.5. The molecule has 0 aliphatic carbocycles. The molecule has 4 N–H and O–H groups in total. The van der Waals surface area contributed by atoms with Crippen LogP contribution in [-0.4, -0.2) is 47.8 Å². The molecule has 1 aromatic rings. The summed E-state index contributed by atoms with van der Waals surface area (Å²) in [5.74, 6) is 0.415. The number of halogens is 4. The van der Waals surface area contributed by atoms with Gasteiger partial charge in [0.1, 0.15) is 5.82 Å². The highest BCUT2D eigenvalue weighted by atomic mass is 35.5. The smallest absolute Gasteiger partial charge is 0.237 e. The van der Waals surface area contributed by atoms with Crippen LogP contribution in [0.1, 0.15) is 6.42 Å². The first-order valence-corrected chi connectivity index (χ1v) is 7.06. The molecular weight excluding hydrogens is 374 g/mol. The maximum Gasteiger partial charge on any atom is 0.237 e. The van der Waals surface area contributed by atoms with Gasteiger partial charge in [-0.25, -0.2) is 4.98 Å². The average molecular weight is 392 g/mol. The fraction of sp³-hybridized carbons (Fsp3) is 0.500. The lowest BCUT2D eigenvalue weighted by Gasteiger charge is -2.12. The zero-order valence-corrected chi connectivity index (χ0v) is 14.7. The van der Waals surface area contributed by atoms with Crippen LogP contribution in [0.5, 0.6) is 0 Å². The lowest BCUT2D eigenvalue weighted by Crippen LogP contribution is -2.42. The minimum absolute atomic E-state index is 0. The molecule has 1 aliphatic rings. The Hall–Kier alpha value is -0.500. The molecular formula is C12H18Cl4N4O2. The van der Waals surface area contributed by atoms with Crippen molar-refractivity contribution in [2.24, 2.45) is 0 Å². The third-order valence-corrected chi connectivity index (χ3v) is 3.44. The van der Waals surface area contributed by atoms with Crippen molar-refractivity contribution in [2.75, 3.05) is 25.0 Å². The van der Waals surface area contributed by atoms with Gasteiger partial charge < -0.3 is 21.1 Å². The van der Waals surface area contributed by atoms with E-state index in [1.54, 1.807) is 6.07 Å². The Morgan fingerprint density at radius 2 is 2.14 bits per heavy atom. The minimum Gasteiger partial charge on any atom is -0.392 e. The van der Waals surface area contributed by atoms with Crippen molar-refractivity contribution in [3.63, 3.8) is 0 Å². The summed E-state index contributed by atoms with van der Waals surface area (Å²) >= 11 is 11.7. The number of β-amino-alcohol motifs (C(OH)–C–C–N with tert-alkyl or cyclic N) is 1. The maximum absolute atomic E-state index is 11.7. The molecule has 0 aromatic carbocycles. The lowest BCUT2D eigenvalue weighted by molar-refractivity contribution is -0.122. The van der Waals surface area contributed by atoms with Crippen molar-refractivity contribution in [3.8, 4) is 0 Å². The second kappa shape index (κ2) is 10.3. The molecule has 1 fully saturated rings. The van der Waals surface area contributed by atoms with Gasteiger partial charge in [0.15, 0.2) is 0 Å². The lowest BCUT2D eigenvalue weighted by atomic mass is 10.2. The van der Waals surface area contributed by atoms with Crippen LogP contribution in [0.4, 0.5) is 5.82 Å². The number of hydrogen-bond donors (Lipinski definition) is 4. The summed E-state index contributed by atoms with van der Waals surface area (Å²) < 4.78 is 0. The number of aliphatic hydroxyl groups is 1. The molecule has 0 spiro atoms. The SMILES string of the molecule is Cl.Cl.O=C(NCCNc1ncc(Cl)cc1Cl)C1CC(O)CN1. The summed E-state index contributed by atoms with van der Waals surface area (Å²) in [4.78, 5) is 15.8. The molecule has 0 radical (unpaired) electrons. The Kier molecular flexibility index (Phi) is 10.1. The number of nitrogens with zero attached hydrogens (tertiary/aromatic N) is 1. The van der Waals surface area contributed by atoms with E-state index in [0.29, 0.717) is 41.9 Å². The van der Waals surface area contributed by atoms with Gasteiger partial charge in [0.2, 0.25) is 5.91 Å². The molecule has 1 aliphatic heterocycles. The quantitative estimate of drug-likeness (QED) is 0.571. The Balaban J connectivity index is 0.00000220. The van der Waals surface area contributed by atoms with Gasteiger partial charge >= 0.3 is 0 Å². The van der Waals surface area contributed by atoms with E-state index in [1.165, 1.54) is 6.20 Å². The third kappa shape index (κ3) is 6.32. The number of carbonyl (C=O) groups excluding carboxylic acids is 1. The average Bonchev–Trinajstić information content (AvgIpc) is 2.83. The predicted octanol–water partition coefficient (Wildman–Crippen LogP) is 1.48. The van der Waals surface area contributed by atoms with Gasteiger partial charge in [-0.2, -0.15) is 0 Å². The molecule has 22 heavy (non-hydrogen) atoms. The van der Waals surface area contributed by atoms with Crippen LogP contribution in [-0.2, 0) is 4.79 Å². The first-order chi connectivity index (χ1) is 9.56. The molecule has 0 saturated carbocycles. The van der Waals surface area contributed by atoms with Gasteiger partial charge in [-0.05, 0) is 12.5 Å². The fourth-order valence-electron chi connectivity index (χ4n) is 1.95. The van der Waals surface area contributed by atoms with Crippen molar-refractivity contribution >= 4 is 59.7 Å². The predicted molar refractivity (Wildman–Crippen MR) is 92.7 cm³/mol. The second-order valence-electron chi connectivity index (χ2n) is 4.55. The van der Waals surface area contributed by atoms with Gasteiger partial charge in [0.05, 0.1) is 22.2 Å². The van der Waals surface area contributed by atoms with Gasteiger partial charge in [0, 0.05) is 25.8 Å². The van der Waals surface area contributed by atoms with E-state index in [0.717, 1.165) is 0 Å². The summed E-state index contributed by atoms with van der Waals surface area (Å²) in [6.07, 6.45) is 1.50. The standard InChI is InChI=1S/C12H16Cl2N4O2.2ClH/c13-7-3-9(14)11(18-5-7)15-1-2-16-12(20)10-4-8(19)6-17-10;;/h3,5,8,10,17,19H,1-2,4,6H2,(H,15,18)(H,16,20);2*1H. The zero-order chi connectivity index (χ0) is 14.5. The number of aliphatic hydroxyl groups excluding tert-OH is 1. The highest BCUT2D eigenvalue weighted by Crippen LogP contribution is 2.21. The van der Waals surface area contributed by atoms with Crippen LogP contribution in [0, 0.1) is 0 Å². The molecule has 1 aromatic heterocycles. The number of carbonyl (C=O) groups is 1. The maximum atomic E-state index is 11.7. The summed E-state index contributed by atoms with van der Waals surface area (Å²) in [6, 6.07) is 1.28. The molecule has 2 heterocycles. The monoisotopic (exact) mass is 390 g/mol. The molecule has 126 valence electrons. The number of rotatable bonds is 5. The third-order valence-electron chi connectivity index (χ3n) is 2.95. The van der Waals surface area contributed by atoms with Crippen molar-refractivity contribution in [1.29, 1.82) is 0 Å². The van der Waals surface area contributed by atoms with E-state index in [1.807, 2.05) is 0 Å². The molecule has 1 saturated heterocycles. The fourth-order valence-corrected chi connectivity index (χ4v) is 2.40. The summed E-state index contributed by atoms with van der Waals surface area (Å²) in [7, 11) is 0. The molecule has 1 amide bonds. The number of pyridine rings is 1. The Bertz CT molecular complexity index is 492. The van der Waals surface area contributed by atoms with Crippen molar-refractivity contribution in [3.05, 3.63) is 22.3 Å². The molecule has 2 atom stereocenters. The summed E-state index contributed by atoms with van der Waals surface area (Å²) in [6.45, 7) is 1.39.